The van der Waals surface area contributed by atoms with Gasteiger partial charge in [-0.2, -0.15) is 11.8 Å². The molecule has 5 heteroatoms. The van der Waals surface area contributed by atoms with Crippen molar-refractivity contribution in [2.75, 3.05) is 18.6 Å². The molecule has 1 fully saturated rings. The quantitative estimate of drug-likeness (QED) is 0.708. The maximum atomic E-state index is 9.77. The minimum atomic E-state index is -0.431. The van der Waals surface area contributed by atoms with Crippen LogP contribution in [0.25, 0.3) is 11.1 Å². The number of hydrogen-bond acceptors (Lipinski definition) is 5. The minimum absolute atomic E-state index is 0.300. The fraction of sp³-hybridized carbons (Fsp3) is 0.400. The first-order chi connectivity index (χ1) is 12.1. The van der Waals surface area contributed by atoms with Gasteiger partial charge in [-0.3, -0.25) is 0 Å². The minimum Gasteiger partial charge on any atom is -0.507 e. The third-order valence-corrected chi connectivity index (χ3v) is 4.64. The van der Waals surface area contributed by atoms with Gasteiger partial charge in [-0.1, -0.05) is 30.3 Å². The van der Waals surface area contributed by atoms with Gasteiger partial charge in [0.05, 0.1) is 18.8 Å². The van der Waals surface area contributed by atoms with Crippen molar-refractivity contribution in [3.63, 3.8) is 0 Å². The molecule has 1 aliphatic carbocycles. The predicted octanol–water partition coefficient (Wildman–Crippen LogP) is 3.69. The van der Waals surface area contributed by atoms with E-state index in [9.17, 15) is 5.11 Å². The molecule has 0 saturated heterocycles. The molecule has 1 saturated carbocycles. The van der Waals surface area contributed by atoms with Gasteiger partial charge in [0, 0.05) is 11.3 Å². The largest absolute Gasteiger partial charge is 0.507 e. The van der Waals surface area contributed by atoms with Crippen molar-refractivity contribution < 1.29 is 20.1 Å². The summed E-state index contributed by atoms with van der Waals surface area (Å²) in [5.41, 5.74) is 1.83. The lowest BCUT2D eigenvalue weighted by Crippen LogP contribution is -2.17. The van der Waals surface area contributed by atoms with Crippen LogP contribution in [0.15, 0.2) is 48.5 Å². The molecule has 0 aromatic heterocycles. The average molecular weight is 362 g/mol. The van der Waals surface area contributed by atoms with Gasteiger partial charge in [-0.15, -0.1) is 0 Å². The fourth-order valence-electron chi connectivity index (χ4n) is 2.61. The number of thioether (sulfide) groups is 1. The van der Waals surface area contributed by atoms with Crippen LogP contribution in [0.2, 0.25) is 0 Å². The van der Waals surface area contributed by atoms with E-state index in [0.717, 1.165) is 48.5 Å². The molecule has 2 atom stereocenters. The van der Waals surface area contributed by atoms with Gasteiger partial charge < -0.3 is 20.1 Å². The van der Waals surface area contributed by atoms with Crippen molar-refractivity contribution in [2.24, 2.45) is 0 Å². The zero-order valence-corrected chi connectivity index (χ0v) is 15.3. The lowest BCUT2D eigenvalue weighted by Gasteiger charge is -2.07. The number of phenols is 1. The summed E-state index contributed by atoms with van der Waals surface area (Å²) in [5.74, 6) is 2.15. The topological polar surface area (TPSA) is 69.9 Å². The SMILES string of the molecule is CSCCOc1ccc(-c2ccccc2O)cc1.OC1CCCC1O. The summed E-state index contributed by atoms with van der Waals surface area (Å²) >= 11 is 1.76. The van der Waals surface area contributed by atoms with Crippen LogP contribution < -0.4 is 4.74 Å². The third-order valence-electron chi connectivity index (χ3n) is 4.07. The van der Waals surface area contributed by atoms with E-state index in [1.165, 1.54) is 0 Å². The van der Waals surface area contributed by atoms with Gasteiger partial charge in [0.2, 0.25) is 0 Å². The van der Waals surface area contributed by atoms with Crippen molar-refractivity contribution in [3.8, 4) is 22.6 Å². The Kier molecular flexibility index (Phi) is 8.12. The molecule has 3 N–H and O–H groups in total. The van der Waals surface area contributed by atoms with Crippen LogP contribution in [0.4, 0.5) is 0 Å². The summed E-state index contributed by atoms with van der Waals surface area (Å²) in [6.45, 7) is 0.719. The van der Waals surface area contributed by atoms with Gasteiger partial charge in [-0.25, -0.2) is 0 Å². The summed E-state index contributed by atoms with van der Waals surface area (Å²) in [7, 11) is 0. The van der Waals surface area contributed by atoms with Crippen LogP contribution in [0, 0.1) is 0 Å². The first kappa shape index (κ1) is 19.6. The van der Waals surface area contributed by atoms with E-state index < -0.39 is 12.2 Å². The maximum absolute atomic E-state index is 9.77. The molecular formula is C20H26O4S. The standard InChI is InChI=1S/C15H16O2S.C5H10O2/c1-18-11-10-17-13-8-6-12(7-9-13)14-4-2-3-5-15(14)16;6-4-2-1-3-5(4)7/h2-9,16H,10-11H2,1H3;4-7H,1-3H2. The van der Waals surface area contributed by atoms with Gasteiger partial charge in [-0.05, 0) is 49.3 Å². The molecule has 1 aliphatic rings. The van der Waals surface area contributed by atoms with E-state index in [1.54, 1.807) is 17.8 Å². The Bertz CT molecular complexity index is 622. The molecular weight excluding hydrogens is 336 g/mol. The highest BCUT2D eigenvalue weighted by Gasteiger charge is 2.21. The van der Waals surface area contributed by atoms with E-state index in [0.29, 0.717) is 5.75 Å². The van der Waals surface area contributed by atoms with E-state index in [-0.39, 0.29) is 0 Å². The molecule has 0 heterocycles. The summed E-state index contributed by atoms with van der Waals surface area (Å²) in [4.78, 5) is 0. The van der Waals surface area contributed by atoms with E-state index in [1.807, 2.05) is 42.5 Å². The number of phenolic OH excluding ortho intramolecular Hbond substituents is 1. The Labute approximate surface area is 153 Å². The molecule has 25 heavy (non-hydrogen) atoms. The lowest BCUT2D eigenvalue weighted by molar-refractivity contribution is 0.0438. The summed E-state index contributed by atoms with van der Waals surface area (Å²) in [5, 5.41) is 27.3. The van der Waals surface area contributed by atoms with Crippen molar-refractivity contribution >= 4 is 11.8 Å². The molecule has 0 spiro atoms. The third kappa shape index (κ3) is 6.27. The first-order valence-corrected chi connectivity index (χ1v) is 9.87. The van der Waals surface area contributed by atoms with E-state index >= 15 is 0 Å². The van der Waals surface area contributed by atoms with Crippen molar-refractivity contribution in [3.05, 3.63) is 48.5 Å². The van der Waals surface area contributed by atoms with Gasteiger partial charge >= 0.3 is 0 Å². The molecule has 2 unspecified atom stereocenters. The molecule has 2 aromatic rings. The zero-order valence-electron chi connectivity index (χ0n) is 14.5. The first-order valence-electron chi connectivity index (χ1n) is 8.48. The summed E-state index contributed by atoms with van der Waals surface area (Å²) in [6, 6.07) is 15.1. The Morgan fingerprint density at radius 1 is 1.00 bits per heavy atom. The normalized spacial score (nSPS) is 19.2. The van der Waals surface area contributed by atoms with E-state index in [4.69, 9.17) is 14.9 Å². The number of para-hydroxylation sites is 1. The van der Waals surface area contributed by atoms with Crippen LogP contribution >= 0.6 is 11.8 Å². The average Bonchev–Trinajstić information content (AvgIpc) is 3.00. The van der Waals surface area contributed by atoms with Crippen LogP contribution in [0.3, 0.4) is 0 Å². The van der Waals surface area contributed by atoms with Crippen LogP contribution in [0.5, 0.6) is 11.5 Å². The molecule has 0 radical (unpaired) electrons. The Balaban J connectivity index is 0.000000269. The second kappa shape index (κ2) is 10.3. The number of benzene rings is 2. The second-order valence-electron chi connectivity index (χ2n) is 5.95. The Morgan fingerprint density at radius 3 is 2.16 bits per heavy atom. The maximum Gasteiger partial charge on any atom is 0.123 e. The van der Waals surface area contributed by atoms with Gasteiger partial charge in [0.1, 0.15) is 11.5 Å². The van der Waals surface area contributed by atoms with Crippen molar-refractivity contribution in [1.29, 1.82) is 0 Å². The summed E-state index contributed by atoms with van der Waals surface area (Å²) < 4.78 is 5.58. The molecule has 4 nitrogen and oxygen atoms in total. The highest BCUT2D eigenvalue weighted by Crippen LogP contribution is 2.29. The Morgan fingerprint density at radius 2 is 1.64 bits per heavy atom. The summed E-state index contributed by atoms with van der Waals surface area (Å²) in [6.07, 6.45) is 3.73. The molecule has 0 bridgehead atoms. The number of rotatable bonds is 5. The zero-order chi connectivity index (χ0) is 18.1. The number of ether oxygens (including phenoxy) is 1. The number of hydrogen-bond donors (Lipinski definition) is 3. The molecule has 2 aromatic carbocycles. The Hall–Kier alpha value is -1.69. The highest BCUT2D eigenvalue weighted by atomic mass is 32.2. The smallest absolute Gasteiger partial charge is 0.123 e. The molecule has 0 aliphatic heterocycles. The number of aliphatic hydroxyl groups is 2. The highest BCUT2D eigenvalue weighted by molar-refractivity contribution is 7.98. The number of aliphatic hydroxyl groups excluding tert-OH is 2. The van der Waals surface area contributed by atoms with Gasteiger partial charge in [0.15, 0.2) is 0 Å². The molecule has 0 amide bonds. The predicted molar refractivity (Wildman–Crippen MR) is 103 cm³/mol. The molecule has 3 rings (SSSR count). The van der Waals surface area contributed by atoms with Crippen LogP contribution in [0.1, 0.15) is 19.3 Å². The number of aromatic hydroxyl groups is 1. The van der Waals surface area contributed by atoms with Crippen LogP contribution in [-0.4, -0.2) is 46.1 Å². The van der Waals surface area contributed by atoms with E-state index in [2.05, 4.69) is 6.26 Å². The monoisotopic (exact) mass is 362 g/mol. The lowest BCUT2D eigenvalue weighted by atomic mass is 10.0. The fourth-order valence-corrected chi connectivity index (χ4v) is 2.86. The van der Waals surface area contributed by atoms with Gasteiger partial charge in [0.25, 0.3) is 0 Å². The van der Waals surface area contributed by atoms with Crippen LogP contribution in [-0.2, 0) is 0 Å². The van der Waals surface area contributed by atoms with Crippen molar-refractivity contribution in [1.82, 2.24) is 0 Å². The second-order valence-corrected chi connectivity index (χ2v) is 6.93. The molecule has 136 valence electrons. The van der Waals surface area contributed by atoms with Crippen molar-refractivity contribution in [2.45, 2.75) is 31.5 Å².